The molecule has 16 nitrogen and oxygen atoms in total. The maximum atomic E-state index is 12.2. The molecule has 0 fully saturated rings. The lowest BCUT2D eigenvalue weighted by atomic mass is 9.73. The Balaban J connectivity index is 1.76. The molecule has 0 aliphatic rings. The average molecular weight is 1020 g/mol. The van der Waals surface area contributed by atoms with E-state index in [2.05, 4.69) is 39.5 Å². The van der Waals surface area contributed by atoms with E-state index in [1.165, 1.54) is 12.2 Å². The van der Waals surface area contributed by atoms with Crippen LogP contribution < -0.4 is 18.9 Å². The lowest BCUT2D eigenvalue weighted by molar-refractivity contribution is -0.154. The van der Waals surface area contributed by atoms with Gasteiger partial charge in [0.2, 0.25) is 0 Å². The van der Waals surface area contributed by atoms with E-state index in [1.807, 2.05) is 67.6 Å². The summed E-state index contributed by atoms with van der Waals surface area (Å²) >= 11 is 0. The molecule has 5 unspecified atom stereocenters. The molecular weight excluding hydrogens is 953 g/mol. The molecule has 16 heteroatoms. The summed E-state index contributed by atoms with van der Waals surface area (Å²) in [5.41, 5.74) is 3.47. The molecule has 0 aliphatic carbocycles. The van der Waals surface area contributed by atoms with E-state index in [0.717, 1.165) is 46.6 Å². The predicted octanol–water partition coefficient (Wildman–Crippen LogP) is 7.87. The Bertz CT molecular complexity index is 2480. The summed E-state index contributed by atoms with van der Waals surface area (Å²) in [5, 5.41) is 20.1. The maximum Gasteiger partial charge on any atom is 0.330 e. The van der Waals surface area contributed by atoms with Gasteiger partial charge in [-0.1, -0.05) is 94.9 Å². The Labute approximate surface area is 431 Å². The summed E-state index contributed by atoms with van der Waals surface area (Å²) in [5.74, 6) is -1.78. The van der Waals surface area contributed by atoms with E-state index in [1.54, 1.807) is 36.4 Å². The van der Waals surface area contributed by atoms with Crippen molar-refractivity contribution in [3.8, 4) is 23.0 Å². The number of ketones is 1. The van der Waals surface area contributed by atoms with Crippen LogP contribution in [-0.4, -0.2) is 111 Å². The molecule has 0 amide bonds. The van der Waals surface area contributed by atoms with Crippen LogP contribution in [-0.2, 0) is 47.7 Å². The number of hydrogen-bond acceptors (Lipinski definition) is 16. The fourth-order valence-corrected chi connectivity index (χ4v) is 7.06. The fraction of sp³-hybridized carbons (Fsp3) is 0.293. The van der Waals surface area contributed by atoms with E-state index < -0.39 is 60.3 Å². The second-order valence-electron chi connectivity index (χ2n) is 16.6. The van der Waals surface area contributed by atoms with Gasteiger partial charge in [-0.2, -0.15) is 0 Å². The number of esters is 4. The highest BCUT2D eigenvalue weighted by molar-refractivity contribution is 5.89. The number of rotatable bonds is 35. The molecule has 7 atom stereocenters. The number of allylic oxidation sites excluding steroid dienone is 1. The van der Waals surface area contributed by atoms with Crippen LogP contribution in [0.1, 0.15) is 53.9 Å². The van der Waals surface area contributed by atoms with Crippen molar-refractivity contribution in [1.29, 1.82) is 0 Å². The van der Waals surface area contributed by atoms with Gasteiger partial charge >= 0.3 is 23.9 Å². The summed E-state index contributed by atoms with van der Waals surface area (Å²) in [6.45, 7) is 22.3. The third-order valence-electron chi connectivity index (χ3n) is 10.9. The number of ether oxygens (including phenoxy) is 9. The van der Waals surface area contributed by atoms with Crippen molar-refractivity contribution < 1.29 is 76.8 Å². The van der Waals surface area contributed by atoms with E-state index in [9.17, 15) is 34.2 Å². The Morgan fingerprint density at radius 1 is 0.459 bits per heavy atom. The van der Waals surface area contributed by atoms with Crippen LogP contribution in [0.2, 0.25) is 0 Å². The van der Waals surface area contributed by atoms with Crippen molar-refractivity contribution in [3.63, 3.8) is 0 Å². The Hall–Kier alpha value is -8.05. The van der Waals surface area contributed by atoms with E-state index >= 15 is 0 Å². The summed E-state index contributed by atoms with van der Waals surface area (Å²) in [4.78, 5) is 59.7. The second kappa shape index (κ2) is 31.4. The predicted molar refractivity (Wildman–Crippen MR) is 276 cm³/mol. The third-order valence-corrected chi connectivity index (χ3v) is 10.9. The molecule has 74 heavy (non-hydrogen) atoms. The van der Waals surface area contributed by atoms with Gasteiger partial charge in [-0.3, -0.25) is 4.79 Å². The van der Waals surface area contributed by atoms with Crippen LogP contribution in [0.15, 0.2) is 173 Å². The Morgan fingerprint density at radius 2 is 0.838 bits per heavy atom. The topological polar surface area (TPSA) is 209 Å². The highest BCUT2D eigenvalue weighted by Gasteiger charge is 2.29. The lowest BCUT2D eigenvalue weighted by Crippen LogP contribution is -2.30. The molecule has 0 radical (unpaired) electrons. The van der Waals surface area contributed by atoms with Gasteiger partial charge in [-0.25, -0.2) is 19.2 Å². The molecule has 0 saturated heterocycles. The Kier molecular flexibility index (Phi) is 24.8. The van der Waals surface area contributed by atoms with Gasteiger partial charge in [-0.15, -0.1) is 0 Å². The van der Waals surface area contributed by atoms with Gasteiger partial charge in [0.15, 0.2) is 18.2 Å². The molecule has 4 aromatic rings. The molecule has 2 N–H and O–H groups in total. The molecule has 0 heterocycles. The molecule has 0 aromatic heterocycles. The van der Waals surface area contributed by atoms with Crippen molar-refractivity contribution in [3.05, 3.63) is 195 Å². The lowest BCUT2D eigenvalue weighted by Gasteiger charge is -2.30. The van der Waals surface area contributed by atoms with Gasteiger partial charge in [0.05, 0.1) is 19.8 Å². The maximum absolute atomic E-state index is 12.2. The first-order valence-corrected chi connectivity index (χ1v) is 23.6. The minimum Gasteiger partial charge on any atom is -0.493 e. The largest absolute Gasteiger partial charge is 0.493 e. The quantitative estimate of drug-likeness (QED) is 0.0148. The number of aliphatic hydroxyl groups excluding tert-OH is 2. The van der Waals surface area contributed by atoms with Crippen LogP contribution in [0.4, 0.5) is 0 Å². The minimum absolute atomic E-state index is 0.0362. The monoisotopic (exact) mass is 1020 g/mol. The van der Waals surface area contributed by atoms with Gasteiger partial charge in [0, 0.05) is 48.5 Å². The molecule has 0 aliphatic heterocycles. The van der Waals surface area contributed by atoms with E-state index in [-0.39, 0.29) is 70.8 Å². The first-order valence-electron chi connectivity index (χ1n) is 23.6. The summed E-state index contributed by atoms with van der Waals surface area (Å²) in [6.07, 6.45) is 2.89. The van der Waals surface area contributed by atoms with Crippen molar-refractivity contribution in [2.75, 3.05) is 46.2 Å². The zero-order valence-corrected chi connectivity index (χ0v) is 41.5. The van der Waals surface area contributed by atoms with E-state index in [4.69, 9.17) is 42.6 Å². The van der Waals surface area contributed by atoms with Crippen molar-refractivity contribution >= 4 is 29.7 Å². The number of aliphatic hydroxyl groups is 2. The normalized spacial score (nSPS) is 13.6. The SMILES string of the molecule is C=CC(=O)CCC(COc1ccc(C(c2ccc(OCC(O)CO[C@H](O)C=C)cc2)C(c2ccc(OCC(C)COC(=O)C=C)cc2)c2ccc(OC[C@H](COC(=O)C=C)OC(=O)C=C)cc2)cc1)OC(=O)C=C. The van der Waals surface area contributed by atoms with Crippen molar-refractivity contribution in [2.45, 2.75) is 56.2 Å². The van der Waals surface area contributed by atoms with Gasteiger partial charge in [0.1, 0.15) is 61.6 Å². The number of carbonyl (C=O) groups excluding carboxylic acids is 5. The zero-order valence-electron chi connectivity index (χ0n) is 41.5. The van der Waals surface area contributed by atoms with Gasteiger partial charge in [-0.05, 0) is 89.4 Å². The second-order valence-corrected chi connectivity index (χ2v) is 16.6. The minimum atomic E-state index is -1.23. The summed E-state index contributed by atoms with van der Waals surface area (Å²) < 4.78 is 50.4. The summed E-state index contributed by atoms with van der Waals surface area (Å²) in [7, 11) is 0. The Morgan fingerprint density at radius 3 is 1.24 bits per heavy atom. The average Bonchev–Trinajstić information content (AvgIpc) is 3.43. The smallest absolute Gasteiger partial charge is 0.330 e. The van der Waals surface area contributed by atoms with Crippen molar-refractivity contribution in [1.82, 2.24) is 0 Å². The fourth-order valence-electron chi connectivity index (χ4n) is 7.06. The van der Waals surface area contributed by atoms with Crippen molar-refractivity contribution in [2.24, 2.45) is 5.92 Å². The van der Waals surface area contributed by atoms with Crippen LogP contribution in [0.25, 0.3) is 0 Å². The molecular formula is C58H64O16. The van der Waals surface area contributed by atoms with Gasteiger partial charge in [0.25, 0.3) is 0 Å². The molecule has 4 aromatic carbocycles. The molecule has 4 rings (SSSR count). The number of hydrogen-bond donors (Lipinski definition) is 2. The number of benzene rings is 4. The molecule has 0 spiro atoms. The van der Waals surface area contributed by atoms with E-state index in [0.29, 0.717) is 23.0 Å². The zero-order chi connectivity index (χ0) is 53.8. The first kappa shape index (κ1) is 58.5. The highest BCUT2D eigenvalue weighted by Crippen LogP contribution is 2.44. The first-order chi connectivity index (χ1) is 35.7. The summed E-state index contributed by atoms with van der Waals surface area (Å²) in [6, 6.07) is 29.9. The molecule has 0 saturated carbocycles. The standard InChI is InChI=1S/C58H64O16/c1-8-44(59)22-31-50(73-55(64)12-5)36-68-48-27-18-42(19-28-48)58(41-16-25-47(26-17-41)67-34-45(60)35-71-53(62)10-3)57(40-14-23-46(24-15-40)66-32-39(7)33-70-52(61)9-2)43-20-29-49(30-21-43)69-37-51(74-56(65)13-6)38-72-54(63)11-4/h8-21,23-30,39,45,50-51,53,57-58,60,62H,1-6,22,31-38H2,7H3/t39?,45?,50?,51-,53+,57?,58?/m1/s1. The van der Waals surface area contributed by atoms with Crippen LogP contribution in [0, 0.1) is 5.92 Å². The van der Waals surface area contributed by atoms with Gasteiger partial charge < -0.3 is 52.8 Å². The third kappa shape index (κ3) is 20.2. The number of carbonyl (C=O) groups is 5. The molecule has 0 bridgehead atoms. The van der Waals surface area contributed by atoms with Crippen LogP contribution in [0.5, 0.6) is 23.0 Å². The van der Waals surface area contributed by atoms with Crippen LogP contribution in [0.3, 0.4) is 0 Å². The molecule has 392 valence electrons. The highest BCUT2D eigenvalue weighted by atomic mass is 16.6. The van der Waals surface area contributed by atoms with Crippen LogP contribution >= 0.6 is 0 Å².